The topological polar surface area (TPSA) is 60.7 Å². The first-order valence-corrected chi connectivity index (χ1v) is 6.45. The Labute approximate surface area is 119 Å². The van der Waals surface area contributed by atoms with Crippen LogP contribution < -0.4 is 5.56 Å². The van der Waals surface area contributed by atoms with Gasteiger partial charge in [0.25, 0.3) is 5.56 Å². The molecule has 0 aliphatic carbocycles. The first kappa shape index (κ1) is 12.7. The average Bonchev–Trinajstić information content (AvgIpc) is 2.41. The number of nitrogens with zero attached hydrogens (tertiary/aromatic N) is 4. The van der Waals surface area contributed by atoms with Crippen molar-refractivity contribution in [1.82, 2.24) is 19.5 Å². The lowest BCUT2D eigenvalue weighted by Gasteiger charge is -2.06. The van der Waals surface area contributed by atoms with Crippen molar-refractivity contribution in [2.75, 3.05) is 0 Å². The molecule has 100 valence electrons. The second-order valence-electron chi connectivity index (χ2n) is 4.44. The van der Waals surface area contributed by atoms with Crippen LogP contribution in [0, 0.1) is 6.92 Å². The summed E-state index contributed by atoms with van der Waals surface area (Å²) < 4.78 is 1.48. The monoisotopic (exact) mass is 286 g/mol. The van der Waals surface area contributed by atoms with E-state index in [1.165, 1.54) is 10.9 Å². The Hall–Kier alpha value is -2.27. The van der Waals surface area contributed by atoms with E-state index < -0.39 is 0 Å². The van der Waals surface area contributed by atoms with Crippen LogP contribution >= 0.6 is 11.6 Å². The molecule has 2 heterocycles. The number of aromatic nitrogens is 4. The van der Waals surface area contributed by atoms with Crippen LogP contribution in [-0.2, 0) is 6.54 Å². The van der Waals surface area contributed by atoms with E-state index in [1.807, 2.05) is 19.1 Å². The zero-order valence-corrected chi connectivity index (χ0v) is 11.5. The smallest absolute Gasteiger partial charge is 0.261 e. The molecular formula is C14H11ClN4O. The lowest BCUT2D eigenvalue weighted by Crippen LogP contribution is -2.22. The molecule has 0 amide bonds. The summed E-state index contributed by atoms with van der Waals surface area (Å²) in [5.74, 6) is 0.495. The molecule has 0 saturated heterocycles. The fourth-order valence-corrected chi connectivity index (χ4v) is 2.29. The minimum absolute atomic E-state index is 0.114. The van der Waals surface area contributed by atoms with Gasteiger partial charge in [-0.25, -0.2) is 15.0 Å². The quantitative estimate of drug-likeness (QED) is 0.678. The maximum Gasteiger partial charge on any atom is 0.261 e. The third-order valence-electron chi connectivity index (χ3n) is 2.91. The summed E-state index contributed by atoms with van der Waals surface area (Å²) in [4.78, 5) is 25.0. The summed E-state index contributed by atoms with van der Waals surface area (Å²) in [6.45, 7) is 2.08. The van der Waals surface area contributed by atoms with Crippen molar-refractivity contribution >= 4 is 22.5 Å². The maximum atomic E-state index is 12.3. The highest BCUT2D eigenvalue weighted by atomic mass is 35.5. The molecule has 0 aliphatic heterocycles. The Morgan fingerprint density at radius 1 is 1.25 bits per heavy atom. The molecule has 3 aromatic rings. The number of benzene rings is 1. The van der Waals surface area contributed by atoms with Gasteiger partial charge in [0.2, 0.25) is 0 Å². The molecule has 0 N–H and O–H groups in total. The standard InChI is InChI=1S/C14H11ClN4O/c1-9-6-12(15)18-13(17-9)7-19-8-16-11-5-3-2-4-10(11)14(19)20/h2-6,8H,7H2,1H3. The van der Waals surface area contributed by atoms with Crippen LogP contribution in [0.3, 0.4) is 0 Å². The predicted octanol–water partition coefficient (Wildman–Crippen LogP) is 2.20. The number of aryl methyl sites for hydroxylation is 1. The molecule has 20 heavy (non-hydrogen) atoms. The molecule has 0 saturated carbocycles. The van der Waals surface area contributed by atoms with Crippen LogP contribution in [0.5, 0.6) is 0 Å². The van der Waals surface area contributed by atoms with Crippen LogP contribution in [0.15, 0.2) is 41.5 Å². The number of fused-ring (bicyclic) bond motifs is 1. The Bertz CT molecular complexity index is 824. The van der Waals surface area contributed by atoms with Crippen molar-refractivity contribution in [2.45, 2.75) is 13.5 Å². The van der Waals surface area contributed by atoms with E-state index in [1.54, 1.807) is 18.2 Å². The highest BCUT2D eigenvalue weighted by Gasteiger charge is 2.06. The van der Waals surface area contributed by atoms with Gasteiger partial charge in [-0.15, -0.1) is 0 Å². The van der Waals surface area contributed by atoms with E-state index in [-0.39, 0.29) is 12.1 Å². The van der Waals surface area contributed by atoms with Crippen LogP contribution in [0.25, 0.3) is 10.9 Å². The molecule has 0 radical (unpaired) electrons. The van der Waals surface area contributed by atoms with Gasteiger partial charge < -0.3 is 0 Å². The fourth-order valence-electron chi connectivity index (χ4n) is 2.03. The zero-order valence-electron chi connectivity index (χ0n) is 10.7. The van der Waals surface area contributed by atoms with E-state index >= 15 is 0 Å². The summed E-state index contributed by atoms with van der Waals surface area (Å²) in [6, 6.07) is 8.90. The number of hydrogen-bond acceptors (Lipinski definition) is 4. The van der Waals surface area contributed by atoms with Gasteiger partial charge in [0.1, 0.15) is 11.0 Å². The highest BCUT2D eigenvalue weighted by Crippen LogP contribution is 2.08. The molecular weight excluding hydrogens is 276 g/mol. The summed E-state index contributed by atoms with van der Waals surface area (Å²) in [5, 5.41) is 0.947. The van der Waals surface area contributed by atoms with Crippen LogP contribution in [-0.4, -0.2) is 19.5 Å². The third kappa shape index (κ3) is 2.40. The molecule has 5 nitrogen and oxygen atoms in total. The number of rotatable bonds is 2. The van der Waals surface area contributed by atoms with Crippen LogP contribution in [0.2, 0.25) is 5.15 Å². The molecule has 0 fully saturated rings. The molecule has 0 aliphatic rings. The second kappa shape index (κ2) is 5.02. The predicted molar refractivity (Wildman–Crippen MR) is 76.9 cm³/mol. The van der Waals surface area contributed by atoms with E-state index in [2.05, 4.69) is 15.0 Å². The molecule has 3 rings (SSSR count). The first-order chi connectivity index (χ1) is 9.63. The van der Waals surface area contributed by atoms with E-state index in [0.29, 0.717) is 21.9 Å². The van der Waals surface area contributed by atoms with Gasteiger partial charge in [-0.05, 0) is 25.1 Å². The minimum atomic E-state index is -0.114. The summed E-state index contributed by atoms with van der Waals surface area (Å²) in [6.07, 6.45) is 1.50. The van der Waals surface area contributed by atoms with Gasteiger partial charge in [-0.1, -0.05) is 23.7 Å². The second-order valence-corrected chi connectivity index (χ2v) is 4.83. The molecule has 0 spiro atoms. The van der Waals surface area contributed by atoms with E-state index in [0.717, 1.165) is 5.69 Å². The Kier molecular flexibility index (Phi) is 3.20. The normalized spacial score (nSPS) is 10.9. The Morgan fingerprint density at radius 2 is 2.05 bits per heavy atom. The molecule has 1 aromatic carbocycles. The van der Waals surface area contributed by atoms with E-state index in [9.17, 15) is 4.79 Å². The van der Waals surface area contributed by atoms with Crippen LogP contribution in [0.1, 0.15) is 11.5 Å². The SMILES string of the molecule is Cc1cc(Cl)nc(Cn2cnc3ccccc3c2=O)n1. The third-order valence-corrected chi connectivity index (χ3v) is 3.11. The Morgan fingerprint density at radius 3 is 2.85 bits per heavy atom. The molecule has 6 heteroatoms. The van der Waals surface area contributed by atoms with Crippen molar-refractivity contribution in [3.63, 3.8) is 0 Å². The zero-order chi connectivity index (χ0) is 14.1. The van der Waals surface area contributed by atoms with Crippen molar-refractivity contribution in [2.24, 2.45) is 0 Å². The fraction of sp³-hybridized carbons (Fsp3) is 0.143. The van der Waals surface area contributed by atoms with Gasteiger partial charge in [0.15, 0.2) is 0 Å². The van der Waals surface area contributed by atoms with Crippen molar-refractivity contribution in [3.05, 3.63) is 63.7 Å². The Balaban J connectivity index is 2.07. The largest absolute Gasteiger partial charge is 0.291 e. The number of para-hydroxylation sites is 1. The van der Waals surface area contributed by atoms with Crippen molar-refractivity contribution in [1.29, 1.82) is 0 Å². The van der Waals surface area contributed by atoms with Gasteiger partial charge in [0.05, 0.1) is 23.8 Å². The molecule has 0 unspecified atom stereocenters. The van der Waals surface area contributed by atoms with Crippen LogP contribution in [0.4, 0.5) is 0 Å². The lowest BCUT2D eigenvalue weighted by molar-refractivity contribution is 0.703. The van der Waals surface area contributed by atoms with Gasteiger partial charge in [0, 0.05) is 5.69 Å². The summed E-state index contributed by atoms with van der Waals surface area (Å²) >= 11 is 5.90. The molecule has 0 atom stereocenters. The van der Waals surface area contributed by atoms with Gasteiger partial charge in [-0.2, -0.15) is 0 Å². The lowest BCUT2D eigenvalue weighted by atomic mass is 10.2. The van der Waals surface area contributed by atoms with Gasteiger partial charge >= 0.3 is 0 Å². The van der Waals surface area contributed by atoms with Crippen molar-refractivity contribution in [3.8, 4) is 0 Å². The maximum absolute atomic E-state index is 12.3. The van der Waals surface area contributed by atoms with E-state index in [4.69, 9.17) is 11.6 Å². The number of hydrogen-bond donors (Lipinski definition) is 0. The molecule has 0 bridgehead atoms. The minimum Gasteiger partial charge on any atom is -0.291 e. The molecule has 2 aromatic heterocycles. The first-order valence-electron chi connectivity index (χ1n) is 6.08. The summed E-state index contributed by atoms with van der Waals surface area (Å²) in [5.41, 5.74) is 1.33. The average molecular weight is 287 g/mol. The van der Waals surface area contributed by atoms with Gasteiger partial charge in [-0.3, -0.25) is 9.36 Å². The number of halogens is 1. The highest BCUT2D eigenvalue weighted by molar-refractivity contribution is 6.29. The van der Waals surface area contributed by atoms with Crippen molar-refractivity contribution < 1.29 is 0 Å². The summed E-state index contributed by atoms with van der Waals surface area (Å²) in [7, 11) is 0.